The summed E-state index contributed by atoms with van der Waals surface area (Å²) in [6.07, 6.45) is 48.5. The quantitative estimate of drug-likeness (QED) is 0.0393. The van der Waals surface area contributed by atoms with E-state index < -0.39 is 9.53 Å². The lowest BCUT2D eigenvalue weighted by atomic mass is 10.1. The molecule has 254 valence electrons. The van der Waals surface area contributed by atoms with E-state index in [1.54, 1.807) is 6.08 Å². The molecule has 3 nitrogen and oxygen atoms in total. The van der Waals surface area contributed by atoms with Gasteiger partial charge in [-0.1, -0.05) is 160 Å². The molecule has 0 aromatic heterocycles. The molecule has 0 amide bonds. The molecular weight excluding hydrogens is 545 g/mol. The van der Waals surface area contributed by atoms with Crippen LogP contribution in [0.3, 0.4) is 0 Å². The summed E-state index contributed by atoms with van der Waals surface area (Å²) in [5, 5.41) is 0. The molecule has 0 aliphatic rings. The second-order valence-electron chi connectivity index (χ2n) is 12.5. The highest BCUT2D eigenvalue weighted by Crippen LogP contribution is 2.12. The van der Waals surface area contributed by atoms with Crippen molar-refractivity contribution in [3.8, 4) is 0 Å². The van der Waals surface area contributed by atoms with Gasteiger partial charge in [0.25, 0.3) is 0 Å². The third kappa shape index (κ3) is 37.4. The Bertz CT molecular complexity index is 533. The van der Waals surface area contributed by atoms with Crippen LogP contribution in [0.5, 0.6) is 0 Å². The maximum Gasteiger partial charge on any atom is 0.484 e. The molecule has 0 unspecified atom stereocenters. The molecular formula is C39H76O3Si. The van der Waals surface area contributed by atoms with Gasteiger partial charge in [-0.15, -0.1) is 6.58 Å². The number of rotatable bonds is 37. The predicted molar refractivity (Wildman–Crippen MR) is 194 cm³/mol. The lowest BCUT2D eigenvalue weighted by Gasteiger charge is -2.16. The lowest BCUT2D eigenvalue weighted by Crippen LogP contribution is -2.28. The van der Waals surface area contributed by atoms with Gasteiger partial charge in [-0.25, -0.2) is 0 Å². The summed E-state index contributed by atoms with van der Waals surface area (Å²) in [4.78, 5) is 0. The number of hydrogen-bond donors (Lipinski definition) is 0. The Morgan fingerprint density at radius 2 is 0.698 bits per heavy atom. The Balaban J connectivity index is 3.52. The molecule has 0 aromatic carbocycles. The fraction of sp³-hybridized carbons (Fsp3) is 0.846. The Morgan fingerprint density at radius 1 is 0.395 bits per heavy atom. The van der Waals surface area contributed by atoms with Gasteiger partial charge in [0.1, 0.15) is 0 Å². The van der Waals surface area contributed by atoms with E-state index in [9.17, 15) is 0 Å². The Kier molecular flexibility index (Phi) is 38.7. The fourth-order valence-electron chi connectivity index (χ4n) is 5.35. The van der Waals surface area contributed by atoms with E-state index in [0.29, 0.717) is 6.61 Å². The standard InChI is InChI=1S/C39H76O3Si/c1-4-7-9-11-13-15-17-19-21-23-25-27-29-31-33-35-38-41-43(40-37-6-3)42-39-36-34-32-30-28-26-24-22-20-18-16-14-12-10-8-5-2/h6,19-22,43H,3-5,7-18,23-39H2,1-2H3/b21-19-,22-20-. The summed E-state index contributed by atoms with van der Waals surface area (Å²) < 4.78 is 17.9. The monoisotopic (exact) mass is 621 g/mol. The normalized spacial score (nSPS) is 12.0. The Morgan fingerprint density at radius 3 is 1.02 bits per heavy atom. The van der Waals surface area contributed by atoms with Crippen molar-refractivity contribution >= 4 is 9.53 Å². The van der Waals surface area contributed by atoms with E-state index in [4.69, 9.17) is 13.3 Å². The van der Waals surface area contributed by atoms with Crippen LogP contribution in [0.4, 0.5) is 0 Å². The van der Waals surface area contributed by atoms with Crippen molar-refractivity contribution in [3.63, 3.8) is 0 Å². The SMILES string of the molecule is C=CCO[SiH](OCCCCCCCC/C=C\CCCCCCCC)OCCCCCCCC/C=C\CCCCCCCC. The van der Waals surface area contributed by atoms with Gasteiger partial charge in [0.2, 0.25) is 0 Å². The minimum absolute atomic E-state index is 0.525. The summed E-state index contributed by atoms with van der Waals surface area (Å²) in [6, 6.07) is 0. The molecule has 0 aromatic rings. The molecule has 0 N–H and O–H groups in total. The second kappa shape index (κ2) is 39.3. The topological polar surface area (TPSA) is 27.7 Å². The van der Waals surface area contributed by atoms with E-state index in [-0.39, 0.29) is 0 Å². The van der Waals surface area contributed by atoms with Crippen molar-refractivity contribution < 1.29 is 13.3 Å². The molecule has 0 fully saturated rings. The average molecular weight is 621 g/mol. The van der Waals surface area contributed by atoms with E-state index >= 15 is 0 Å². The van der Waals surface area contributed by atoms with Crippen LogP contribution in [0.25, 0.3) is 0 Å². The fourth-order valence-corrected chi connectivity index (χ4v) is 6.65. The predicted octanol–water partition coefficient (Wildman–Crippen LogP) is 13.0. The van der Waals surface area contributed by atoms with Crippen LogP contribution in [0.2, 0.25) is 0 Å². The lowest BCUT2D eigenvalue weighted by molar-refractivity contribution is 0.0988. The van der Waals surface area contributed by atoms with Gasteiger partial charge in [-0.05, 0) is 64.2 Å². The first-order valence-corrected chi connectivity index (χ1v) is 20.5. The van der Waals surface area contributed by atoms with E-state index in [2.05, 4.69) is 44.7 Å². The zero-order chi connectivity index (χ0) is 31.2. The summed E-state index contributed by atoms with van der Waals surface area (Å²) in [6.45, 7) is 10.4. The highest BCUT2D eigenvalue weighted by atomic mass is 28.3. The minimum atomic E-state index is -2.03. The average Bonchev–Trinajstić information content (AvgIpc) is 3.02. The first-order valence-electron chi connectivity index (χ1n) is 19.1. The molecule has 0 rings (SSSR count). The molecule has 0 aliphatic heterocycles. The van der Waals surface area contributed by atoms with Crippen molar-refractivity contribution in [2.45, 2.75) is 194 Å². The van der Waals surface area contributed by atoms with Gasteiger partial charge in [0.15, 0.2) is 0 Å². The first-order chi connectivity index (χ1) is 21.3. The van der Waals surface area contributed by atoms with Crippen LogP contribution >= 0.6 is 0 Å². The summed E-state index contributed by atoms with van der Waals surface area (Å²) in [7, 11) is -2.03. The van der Waals surface area contributed by atoms with Crippen LogP contribution in [0, 0.1) is 0 Å². The third-order valence-electron chi connectivity index (χ3n) is 8.17. The molecule has 0 spiro atoms. The van der Waals surface area contributed by atoms with Crippen molar-refractivity contribution in [3.05, 3.63) is 37.0 Å². The number of allylic oxidation sites excluding steroid dienone is 4. The minimum Gasteiger partial charge on any atom is -0.376 e. The zero-order valence-electron chi connectivity index (χ0n) is 29.3. The highest BCUT2D eigenvalue weighted by Gasteiger charge is 2.14. The molecule has 0 radical (unpaired) electrons. The van der Waals surface area contributed by atoms with Gasteiger partial charge in [0.05, 0.1) is 6.61 Å². The van der Waals surface area contributed by atoms with Crippen LogP contribution in [-0.4, -0.2) is 29.3 Å². The summed E-state index contributed by atoms with van der Waals surface area (Å²) >= 11 is 0. The first kappa shape index (κ1) is 42.3. The van der Waals surface area contributed by atoms with E-state index in [1.807, 2.05) is 0 Å². The van der Waals surface area contributed by atoms with Gasteiger partial charge >= 0.3 is 9.53 Å². The summed E-state index contributed by atoms with van der Waals surface area (Å²) in [5.41, 5.74) is 0. The smallest absolute Gasteiger partial charge is 0.376 e. The third-order valence-corrected chi connectivity index (χ3v) is 9.65. The van der Waals surface area contributed by atoms with Crippen molar-refractivity contribution in [1.82, 2.24) is 0 Å². The summed E-state index contributed by atoms with van der Waals surface area (Å²) in [5.74, 6) is 0. The second-order valence-corrected chi connectivity index (χ2v) is 14.1. The highest BCUT2D eigenvalue weighted by molar-refractivity contribution is 6.36. The van der Waals surface area contributed by atoms with Crippen LogP contribution in [0.1, 0.15) is 194 Å². The zero-order valence-corrected chi connectivity index (χ0v) is 30.5. The number of unbranched alkanes of at least 4 members (excludes halogenated alkanes) is 24. The maximum absolute atomic E-state index is 6.02. The Hall–Kier alpha value is -0.683. The van der Waals surface area contributed by atoms with Gasteiger partial charge in [-0.2, -0.15) is 0 Å². The van der Waals surface area contributed by atoms with Crippen LogP contribution in [-0.2, 0) is 13.3 Å². The largest absolute Gasteiger partial charge is 0.484 e. The molecule has 0 saturated heterocycles. The molecule has 0 aliphatic carbocycles. The van der Waals surface area contributed by atoms with Crippen LogP contribution in [0.15, 0.2) is 37.0 Å². The maximum atomic E-state index is 6.02. The van der Waals surface area contributed by atoms with Gasteiger partial charge < -0.3 is 13.3 Å². The molecule has 4 heteroatoms. The van der Waals surface area contributed by atoms with Gasteiger partial charge in [0, 0.05) is 13.2 Å². The molecule has 43 heavy (non-hydrogen) atoms. The molecule has 0 atom stereocenters. The molecule has 0 saturated carbocycles. The van der Waals surface area contributed by atoms with Crippen molar-refractivity contribution in [2.24, 2.45) is 0 Å². The van der Waals surface area contributed by atoms with E-state index in [0.717, 1.165) is 26.1 Å². The molecule has 0 heterocycles. The van der Waals surface area contributed by atoms with Crippen LogP contribution < -0.4 is 0 Å². The number of hydrogen-bond acceptors (Lipinski definition) is 3. The van der Waals surface area contributed by atoms with E-state index in [1.165, 1.54) is 167 Å². The Labute approximate surface area is 272 Å². The molecule has 0 bridgehead atoms. The van der Waals surface area contributed by atoms with Crippen molar-refractivity contribution in [2.75, 3.05) is 19.8 Å². The van der Waals surface area contributed by atoms with Gasteiger partial charge in [-0.3, -0.25) is 0 Å². The van der Waals surface area contributed by atoms with Crippen molar-refractivity contribution in [1.29, 1.82) is 0 Å².